The van der Waals surface area contributed by atoms with Crippen LogP contribution in [0.25, 0.3) is 44.8 Å². The molecule has 2 aliphatic rings. The van der Waals surface area contributed by atoms with Crippen LogP contribution in [0.2, 0.25) is 0 Å². The van der Waals surface area contributed by atoms with Crippen LogP contribution in [-0.4, -0.2) is 52.0 Å². The van der Waals surface area contributed by atoms with E-state index in [2.05, 4.69) is 77.6 Å². The summed E-state index contributed by atoms with van der Waals surface area (Å²) in [7, 11) is 2.17. The number of hydrogen-bond acceptors (Lipinski definition) is 5. The molecule has 2 aromatic carbocycles. The van der Waals surface area contributed by atoms with Crippen LogP contribution in [0.5, 0.6) is 0 Å². The molecule has 196 valence electrons. The lowest BCUT2D eigenvalue weighted by Crippen LogP contribution is -3.11. The number of nitrogens with one attached hydrogen (secondary N) is 2. The lowest BCUT2D eigenvalue weighted by atomic mass is 9.72. The molecule has 5 N–H and O–H groups in total. The first-order valence-corrected chi connectivity index (χ1v) is 13.7. The van der Waals surface area contributed by atoms with Crippen molar-refractivity contribution < 1.29 is 15.4 Å². The molecule has 7 rings (SSSR count). The van der Waals surface area contributed by atoms with E-state index in [1.165, 1.54) is 16.9 Å². The van der Waals surface area contributed by atoms with Crippen LogP contribution < -0.4 is 10.6 Å². The van der Waals surface area contributed by atoms with Gasteiger partial charge in [-0.15, -0.1) is 0 Å². The van der Waals surface area contributed by atoms with Gasteiger partial charge in [0.15, 0.2) is 11.9 Å². The Morgan fingerprint density at radius 2 is 1.79 bits per heavy atom. The molecule has 1 saturated carbocycles. The second kappa shape index (κ2) is 9.64. The summed E-state index contributed by atoms with van der Waals surface area (Å²) >= 11 is 0. The van der Waals surface area contributed by atoms with Crippen molar-refractivity contribution in [2.75, 3.05) is 26.8 Å². The molecule has 1 saturated heterocycles. The fourth-order valence-electron chi connectivity index (χ4n) is 5.81. The molecule has 5 aromatic rings. The smallest absolute Gasteiger partial charge is 0.200 e. The van der Waals surface area contributed by atoms with Gasteiger partial charge in [0.05, 0.1) is 24.9 Å². The molecule has 0 amide bonds. The number of aromatic amines is 1. The van der Waals surface area contributed by atoms with Crippen LogP contribution in [-0.2, 0) is 10.3 Å². The number of likely N-dealkylation sites (N-methyl/N-ethyl adjacent to an activating group) is 1. The second-order valence-electron chi connectivity index (χ2n) is 11.0. The number of aromatic nitrogens is 5. The van der Waals surface area contributed by atoms with Crippen LogP contribution in [0.1, 0.15) is 36.7 Å². The molecule has 0 radical (unpaired) electrons. The molecule has 39 heavy (non-hydrogen) atoms. The summed E-state index contributed by atoms with van der Waals surface area (Å²) in [5.74, 6) is 1.40. The molecule has 2 fully saturated rings. The Bertz CT molecular complexity index is 1630. The number of rotatable bonds is 5. The highest BCUT2D eigenvalue weighted by Gasteiger charge is 2.38. The van der Waals surface area contributed by atoms with Crippen molar-refractivity contribution in [1.82, 2.24) is 25.1 Å². The monoisotopic (exact) mass is 519 g/mol. The quantitative estimate of drug-likeness (QED) is 0.331. The van der Waals surface area contributed by atoms with Gasteiger partial charge in [0, 0.05) is 41.1 Å². The van der Waals surface area contributed by atoms with Crippen molar-refractivity contribution in [2.24, 2.45) is 0 Å². The van der Waals surface area contributed by atoms with E-state index in [0.29, 0.717) is 12.4 Å². The van der Waals surface area contributed by atoms with Gasteiger partial charge in [-0.3, -0.25) is 10.1 Å². The molecule has 2 atom stereocenters. The zero-order chi connectivity index (χ0) is 26.4. The molecule has 2 unspecified atom stereocenters. The Balaban J connectivity index is 1.34. The van der Waals surface area contributed by atoms with Crippen LogP contribution in [0.3, 0.4) is 0 Å². The number of morpholine rings is 1. The van der Waals surface area contributed by atoms with E-state index in [-0.39, 0.29) is 11.6 Å². The van der Waals surface area contributed by atoms with Gasteiger partial charge in [0.25, 0.3) is 0 Å². The minimum absolute atomic E-state index is 0.0631. The highest BCUT2D eigenvalue weighted by molar-refractivity contribution is 5.97. The van der Waals surface area contributed by atoms with Crippen molar-refractivity contribution in [1.29, 1.82) is 0 Å². The predicted octanol–water partition coefficient (Wildman–Crippen LogP) is 2.96. The molecule has 8 heteroatoms. The van der Waals surface area contributed by atoms with Crippen molar-refractivity contribution in [2.45, 2.75) is 30.8 Å². The Morgan fingerprint density at radius 3 is 2.54 bits per heavy atom. The normalized spacial score (nSPS) is 20.6. The highest BCUT2D eigenvalue weighted by Crippen LogP contribution is 2.39. The number of H-pyrrole nitrogens is 1. The number of ether oxygens (including phenoxy) is 1. The Kier molecular flexibility index (Phi) is 5.96. The van der Waals surface area contributed by atoms with E-state index in [1.807, 2.05) is 12.1 Å². The maximum atomic E-state index is 5.71. The van der Waals surface area contributed by atoms with E-state index in [9.17, 15) is 0 Å². The van der Waals surface area contributed by atoms with Crippen LogP contribution >= 0.6 is 0 Å². The maximum Gasteiger partial charge on any atom is 0.200 e. The summed E-state index contributed by atoms with van der Waals surface area (Å²) in [5, 5.41) is 8.65. The van der Waals surface area contributed by atoms with Crippen LogP contribution in [0.4, 0.5) is 0 Å². The first-order chi connectivity index (χ1) is 19.1. The van der Waals surface area contributed by atoms with Crippen LogP contribution in [0, 0.1) is 0 Å². The minimum Gasteiger partial charge on any atom is -0.369 e. The first-order valence-electron chi connectivity index (χ1n) is 13.7. The average Bonchev–Trinajstić information content (AvgIpc) is 3.45. The van der Waals surface area contributed by atoms with E-state index < -0.39 is 0 Å². The van der Waals surface area contributed by atoms with Crippen molar-refractivity contribution in [3.63, 3.8) is 0 Å². The van der Waals surface area contributed by atoms with E-state index in [0.717, 1.165) is 70.8 Å². The van der Waals surface area contributed by atoms with Crippen molar-refractivity contribution in [3.8, 4) is 33.9 Å². The maximum absolute atomic E-state index is 5.71. The highest BCUT2D eigenvalue weighted by atomic mass is 16.5. The molecular formula is C31H33N7O+2. The molecule has 1 aliphatic heterocycles. The first kappa shape index (κ1) is 24.1. The lowest BCUT2D eigenvalue weighted by molar-refractivity contribution is -0.921. The van der Waals surface area contributed by atoms with Gasteiger partial charge in [0.2, 0.25) is 5.82 Å². The fourth-order valence-corrected chi connectivity index (χ4v) is 5.81. The summed E-state index contributed by atoms with van der Waals surface area (Å²) < 4.78 is 5.71. The van der Waals surface area contributed by atoms with Gasteiger partial charge in [-0.25, -0.2) is 9.97 Å². The van der Waals surface area contributed by atoms with E-state index >= 15 is 0 Å². The standard InChI is InChI=1S/C31H31N7O/c1-38-16-17-39-19-26(38)29-35-30(37-36-29)28-24-18-23(20-6-3-2-4-7-20)27(34-25(24)12-15-33-28)21-8-10-22(11-9-21)31(32)13-5-14-31/h2-4,6-12,15,18,26H,5,13-14,16-17,19,32H2,1H3,(H,35,36,37)/p+2. The lowest BCUT2D eigenvalue weighted by Gasteiger charge is -2.34. The molecule has 0 bridgehead atoms. The van der Waals surface area contributed by atoms with Gasteiger partial charge in [-0.05, 0) is 24.1 Å². The average molecular weight is 520 g/mol. The number of benzene rings is 2. The third kappa shape index (κ3) is 4.30. The molecule has 0 spiro atoms. The number of pyridine rings is 2. The van der Waals surface area contributed by atoms with E-state index in [4.69, 9.17) is 19.7 Å². The molecule has 8 nitrogen and oxygen atoms in total. The van der Waals surface area contributed by atoms with Gasteiger partial charge >= 0.3 is 0 Å². The number of fused-ring (bicyclic) bond motifs is 1. The van der Waals surface area contributed by atoms with Crippen molar-refractivity contribution >= 4 is 10.9 Å². The zero-order valence-corrected chi connectivity index (χ0v) is 22.2. The van der Waals surface area contributed by atoms with Gasteiger partial charge in [-0.2, -0.15) is 5.10 Å². The molecule has 4 heterocycles. The Morgan fingerprint density at radius 1 is 0.974 bits per heavy atom. The largest absolute Gasteiger partial charge is 0.369 e. The number of quaternary nitrogens is 2. The SMILES string of the molecule is C[NH+]1CCOCC1c1nc(-c2nccc3nc(-c4ccc(C5([NH3+])CCC5)cc4)c(-c4ccccc4)cc23)n[nH]1. The van der Waals surface area contributed by atoms with Crippen molar-refractivity contribution in [3.05, 3.63) is 84.3 Å². The van der Waals surface area contributed by atoms with Gasteiger partial charge in [-0.1, -0.05) is 54.6 Å². The van der Waals surface area contributed by atoms with E-state index in [1.54, 1.807) is 6.20 Å². The number of nitrogens with zero attached hydrogens (tertiary/aromatic N) is 4. The molecule has 3 aromatic heterocycles. The summed E-state index contributed by atoms with van der Waals surface area (Å²) in [5.41, 5.74) is 11.6. The Labute approximate surface area is 227 Å². The van der Waals surface area contributed by atoms with Gasteiger partial charge in [0.1, 0.15) is 24.4 Å². The summed E-state index contributed by atoms with van der Waals surface area (Å²) in [4.78, 5) is 16.1. The summed E-state index contributed by atoms with van der Waals surface area (Å²) in [6.45, 7) is 2.33. The third-order valence-corrected chi connectivity index (χ3v) is 8.47. The summed E-state index contributed by atoms with van der Waals surface area (Å²) in [6.07, 6.45) is 5.35. The molecular weight excluding hydrogens is 486 g/mol. The Hall–Kier alpha value is -3.98. The summed E-state index contributed by atoms with van der Waals surface area (Å²) in [6, 6.07) is 23.5. The van der Waals surface area contributed by atoms with Crippen LogP contribution in [0.15, 0.2) is 72.9 Å². The molecule has 1 aliphatic carbocycles. The van der Waals surface area contributed by atoms with Gasteiger partial charge < -0.3 is 15.4 Å². The topological polar surface area (TPSA) is 109 Å². The minimum atomic E-state index is 0.0631. The number of hydrogen-bond donors (Lipinski definition) is 3. The predicted molar refractivity (Wildman–Crippen MR) is 150 cm³/mol. The second-order valence-corrected chi connectivity index (χ2v) is 11.0. The zero-order valence-electron chi connectivity index (χ0n) is 22.2. The third-order valence-electron chi connectivity index (χ3n) is 8.47. The fraction of sp³-hybridized carbons (Fsp3) is 0.290.